The van der Waals surface area contributed by atoms with Crippen LogP contribution in [0.1, 0.15) is 20.8 Å². The zero-order valence-corrected chi connectivity index (χ0v) is 13.0. The normalized spacial score (nSPS) is 10.2. The van der Waals surface area contributed by atoms with Crippen LogP contribution in [-0.2, 0) is 0 Å². The molecule has 1 aromatic carbocycles. The lowest BCUT2D eigenvalue weighted by Gasteiger charge is -2.07. The zero-order valence-electron chi connectivity index (χ0n) is 9.84. The van der Waals surface area contributed by atoms with Gasteiger partial charge in [-0.15, -0.1) is 0 Å². The number of hydrogen-bond acceptors (Lipinski definition) is 2. The Hall–Kier alpha value is -1.67. The molecule has 8 heteroatoms. The van der Waals surface area contributed by atoms with Crippen LogP contribution in [0.15, 0.2) is 39.4 Å². The van der Waals surface area contributed by atoms with Crippen molar-refractivity contribution in [3.05, 3.63) is 56.5 Å². The van der Waals surface area contributed by atoms with Crippen LogP contribution < -0.4 is 10.9 Å². The molecule has 2 amide bonds. The number of halogens is 3. The molecule has 0 fully saturated rings. The van der Waals surface area contributed by atoms with Crippen molar-refractivity contribution in [3.8, 4) is 0 Å². The van der Waals surface area contributed by atoms with Crippen LogP contribution in [0, 0.1) is 5.82 Å². The van der Waals surface area contributed by atoms with E-state index >= 15 is 0 Å². The van der Waals surface area contributed by atoms with Gasteiger partial charge in [-0.1, -0.05) is 15.9 Å². The van der Waals surface area contributed by atoms with Crippen LogP contribution in [0.2, 0.25) is 0 Å². The second kappa shape index (κ2) is 6.19. The monoisotopic (exact) mass is 403 g/mol. The quantitative estimate of drug-likeness (QED) is 0.673. The lowest BCUT2D eigenvalue weighted by molar-refractivity contribution is 0.0842. The van der Waals surface area contributed by atoms with Gasteiger partial charge in [0.05, 0.1) is 5.56 Å². The van der Waals surface area contributed by atoms with Gasteiger partial charge < -0.3 is 4.98 Å². The minimum absolute atomic E-state index is 0.174. The van der Waals surface area contributed by atoms with E-state index in [1.54, 1.807) is 12.3 Å². The minimum atomic E-state index is -0.747. The average Bonchev–Trinajstić information content (AvgIpc) is 2.85. The highest BCUT2D eigenvalue weighted by atomic mass is 79.9. The van der Waals surface area contributed by atoms with Crippen molar-refractivity contribution in [3.63, 3.8) is 0 Å². The molecular formula is C12H8Br2FN3O2. The number of carbonyl (C=O) groups is 2. The summed E-state index contributed by atoms with van der Waals surface area (Å²) in [6.07, 6.45) is 1.57. The van der Waals surface area contributed by atoms with E-state index < -0.39 is 17.6 Å². The van der Waals surface area contributed by atoms with Crippen molar-refractivity contribution in [1.29, 1.82) is 0 Å². The summed E-state index contributed by atoms with van der Waals surface area (Å²) in [4.78, 5) is 26.1. The Bertz CT molecular complexity index is 672. The topological polar surface area (TPSA) is 74.0 Å². The van der Waals surface area contributed by atoms with Crippen LogP contribution in [0.5, 0.6) is 0 Å². The lowest BCUT2D eigenvalue weighted by atomic mass is 10.2. The van der Waals surface area contributed by atoms with Gasteiger partial charge in [0.25, 0.3) is 11.8 Å². The molecule has 0 aliphatic carbocycles. The molecule has 5 nitrogen and oxygen atoms in total. The van der Waals surface area contributed by atoms with E-state index in [-0.39, 0.29) is 11.3 Å². The molecule has 0 radical (unpaired) electrons. The Morgan fingerprint density at radius 1 is 1.05 bits per heavy atom. The second-order valence-corrected chi connectivity index (χ2v) is 5.60. The van der Waals surface area contributed by atoms with Gasteiger partial charge in [-0.3, -0.25) is 20.4 Å². The zero-order chi connectivity index (χ0) is 14.7. The molecule has 0 saturated heterocycles. The third-order valence-electron chi connectivity index (χ3n) is 2.36. The predicted octanol–water partition coefficient (Wildman–Crippen LogP) is 2.75. The fourth-order valence-electron chi connectivity index (χ4n) is 1.42. The Kier molecular flexibility index (Phi) is 4.56. The van der Waals surface area contributed by atoms with E-state index in [2.05, 4.69) is 47.7 Å². The molecule has 2 rings (SSSR count). The van der Waals surface area contributed by atoms with Crippen LogP contribution in [0.4, 0.5) is 4.39 Å². The highest BCUT2D eigenvalue weighted by Crippen LogP contribution is 2.15. The summed E-state index contributed by atoms with van der Waals surface area (Å²) in [6, 6.07) is 5.49. The number of aromatic nitrogens is 1. The largest absolute Gasteiger partial charge is 0.356 e. The van der Waals surface area contributed by atoms with Crippen LogP contribution in [-0.4, -0.2) is 16.8 Å². The summed E-state index contributed by atoms with van der Waals surface area (Å²) in [5, 5.41) is 0. The van der Waals surface area contributed by atoms with Gasteiger partial charge in [-0.2, -0.15) is 0 Å². The fourth-order valence-corrected chi connectivity index (χ4v) is 2.12. The molecule has 1 heterocycles. The Balaban J connectivity index is 2.02. The lowest BCUT2D eigenvalue weighted by Crippen LogP contribution is -2.42. The summed E-state index contributed by atoms with van der Waals surface area (Å²) in [7, 11) is 0. The van der Waals surface area contributed by atoms with Crippen molar-refractivity contribution in [1.82, 2.24) is 15.8 Å². The summed E-state index contributed by atoms with van der Waals surface area (Å²) >= 11 is 6.32. The van der Waals surface area contributed by atoms with Gasteiger partial charge in [-0.25, -0.2) is 4.39 Å². The highest BCUT2D eigenvalue weighted by Gasteiger charge is 2.14. The summed E-state index contributed by atoms with van der Waals surface area (Å²) < 4.78 is 14.7. The van der Waals surface area contributed by atoms with Gasteiger partial charge in [0.15, 0.2) is 0 Å². The SMILES string of the molecule is O=C(NNC(=O)c1cc(Br)ccc1F)c1cc(Br)c[nH]1. The molecular weight excluding hydrogens is 397 g/mol. The number of rotatable bonds is 2. The number of hydrogen-bond donors (Lipinski definition) is 3. The Morgan fingerprint density at radius 2 is 1.75 bits per heavy atom. The van der Waals surface area contributed by atoms with E-state index in [0.29, 0.717) is 8.95 Å². The van der Waals surface area contributed by atoms with E-state index in [1.165, 1.54) is 12.1 Å². The van der Waals surface area contributed by atoms with Crippen molar-refractivity contribution >= 4 is 43.7 Å². The van der Waals surface area contributed by atoms with Gasteiger partial charge in [-0.05, 0) is 40.2 Å². The van der Waals surface area contributed by atoms with E-state index in [9.17, 15) is 14.0 Å². The van der Waals surface area contributed by atoms with E-state index in [1.807, 2.05) is 0 Å². The average molecular weight is 405 g/mol. The first kappa shape index (κ1) is 14.7. The summed E-state index contributed by atoms with van der Waals surface area (Å²) in [5.41, 5.74) is 4.41. The fraction of sp³-hybridized carbons (Fsp3) is 0. The smallest absolute Gasteiger partial charge is 0.286 e. The first-order valence-corrected chi connectivity index (χ1v) is 6.95. The van der Waals surface area contributed by atoms with Gasteiger partial charge in [0.2, 0.25) is 0 Å². The minimum Gasteiger partial charge on any atom is -0.356 e. The first-order valence-electron chi connectivity index (χ1n) is 5.37. The number of nitrogens with one attached hydrogen (secondary N) is 3. The highest BCUT2D eigenvalue weighted by molar-refractivity contribution is 9.10. The molecule has 0 saturated carbocycles. The van der Waals surface area contributed by atoms with Crippen molar-refractivity contribution in [2.24, 2.45) is 0 Å². The van der Waals surface area contributed by atoms with E-state index in [0.717, 1.165) is 6.07 Å². The summed E-state index contributed by atoms with van der Waals surface area (Å²) in [6.45, 7) is 0. The molecule has 0 unspecified atom stereocenters. The molecule has 20 heavy (non-hydrogen) atoms. The van der Waals surface area contributed by atoms with Crippen LogP contribution in [0.3, 0.4) is 0 Å². The molecule has 0 atom stereocenters. The third-order valence-corrected chi connectivity index (χ3v) is 3.31. The van der Waals surface area contributed by atoms with Crippen molar-refractivity contribution in [2.45, 2.75) is 0 Å². The molecule has 2 aromatic rings. The van der Waals surface area contributed by atoms with Crippen LogP contribution in [0.25, 0.3) is 0 Å². The predicted molar refractivity (Wildman–Crippen MR) is 77.5 cm³/mol. The van der Waals surface area contributed by atoms with E-state index in [4.69, 9.17) is 0 Å². The Morgan fingerprint density at radius 3 is 2.40 bits per heavy atom. The molecule has 104 valence electrons. The number of aromatic amines is 1. The standard InChI is InChI=1S/C12H8Br2FN3O2/c13-6-1-2-9(15)8(3-6)11(19)17-18-12(20)10-4-7(14)5-16-10/h1-5,16H,(H,17,19)(H,18,20). The van der Waals surface area contributed by atoms with Crippen LogP contribution >= 0.6 is 31.9 Å². The van der Waals surface area contributed by atoms with Gasteiger partial charge >= 0.3 is 0 Å². The Labute approximate surface area is 130 Å². The maximum Gasteiger partial charge on any atom is 0.286 e. The molecule has 0 aliphatic rings. The number of amides is 2. The number of carbonyl (C=O) groups excluding carboxylic acids is 2. The first-order chi connectivity index (χ1) is 9.47. The molecule has 0 aliphatic heterocycles. The third kappa shape index (κ3) is 3.45. The van der Waals surface area contributed by atoms with Gasteiger partial charge in [0, 0.05) is 15.1 Å². The summed E-state index contributed by atoms with van der Waals surface area (Å²) in [5.74, 6) is -1.97. The van der Waals surface area contributed by atoms with Crippen molar-refractivity contribution < 1.29 is 14.0 Å². The molecule has 1 aromatic heterocycles. The maximum absolute atomic E-state index is 13.5. The molecule has 0 spiro atoms. The maximum atomic E-state index is 13.5. The number of H-pyrrole nitrogens is 1. The number of hydrazine groups is 1. The number of benzene rings is 1. The molecule has 0 bridgehead atoms. The van der Waals surface area contributed by atoms with Gasteiger partial charge in [0.1, 0.15) is 11.5 Å². The second-order valence-electron chi connectivity index (χ2n) is 3.76. The van der Waals surface area contributed by atoms with Crippen molar-refractivity contribution in [2.75, 3.05) is 0 Å². The molecule has 3 N–H and O–H groups in total.